The van der Waals surface area contributed by atoms with Crippen molar-refractivity contribution in [3.63, 3.8) is 0 Å². The lowest BCUT2D eigenvalue weighted by atomic mass is 9.91. The number of nitrogens with one attached hydrogen (secondary N) is 1. The van der Waals surface area contributed by atoms with E-state index in [1.165, 1.54) is 0 Å². The van der Waals surface area contributed by atoms with Crippen LogP contribution in [0.2, 0.25) is 0 Å². The number of hydrogen-bond acceptors (Lipinski definition) is 4. The van der Waals surface area contributed by atoms with Crippen LogP contribution in [0.4, 0.5) is 0 Å². The lowest BCUT2D eigenvalue weighted by Crippen LogP contribution is -2.58. The highest BCUT2D eigenvalue weighted by molar-refractivity contribution is 5.87. The second-order valence-electron chi connectivity index (χ2n) is 4.54. The fraction of sp³-hybridized carbons (Fsp3) is 0.462. The van der Waals surface area contributed by atoms with Gasteiger partial charge in [0.05, 0.1) is 13.2 Å². The number of hydrazine groups is 1. The van der Waals surface area contributed by atoms with Gasteiger partial charge in [0.25, 0.3) is 0 Å². The minimum Gasteiger partial charge on any atom is -0.378 e. The number of morpholine rings is 1. The maximum Gasteiger partial charge on any atom is 0.248 e. The van der Waals surface area contributed by atoms with Crippen molar-refractivity contribution >= 4 is 5.91 Å². The van der Waals surface area contributed by atoms with Crippen LogP contribution in [-0.2, 0) is 15.1 Å². The van der Waals surface area contributed by atoms with E-state index in [0.29, 0.717) is 26.3 Å². The molecular formula is C13H19N3O2. The first kappa shape index (κ1) is 13.0. The molecule has 0 radical (unpaired) electrons. The Morgan fingerprint density at radius 3 is 2.50 bits per heavy atom. The molecule has 0 aliphatic carbocycles. The summed E-state index contributed by atoms with van der Waals surface area (Å²) < 4.78 is 5.26. The van der Waals surface area contributed by atoms with Crippen LogP contribution in [0, 0.1) is 0 Å². The van der Waals surface area contributed by atoms with E-state index >= 15 is 0 Å². The molecule has 3 N–H and O–H groups in total. The second kappa shape index (κ2) is 5.48. The molecule has 0 spiro atoms. The molecule has 1 aromatic rings. The zero-order chi connectivity index (χ0) is 13.0. The number of ether oxygens (including phenoxy) is 1. The lowest BCUT2D eigenvalue weighted by molar-refractivity contribution is -0.142. The fourth-order valence-corrected chi connectivity index (χ4v) is 2.12. The van der Waals surface area contributed by atoms with Crippen LogP contribution in [-0.4, -0.2) is 37.1 Å². The second-order valence-corrected chi connectivity index (χ2v) is 4.54. The number of nitrogens with two attached hydrogens (primary N) is 1. The van der Waals surface area contributed by atoms with Crippen LogP contribution in [0.25, 0.3) is 0 Å². The summed E-state index contributed by atoms with van der Waals surface area (Å²) >= 11 is 0. The molecule has 98 valence electrons. The smallest absolute Gasteiger partial charge is 0.248 e. The minimum absolute atomic E-state index is 0.0144. The Balaban J connectivity index is 2.23. The third-order valence-electron chi connectivity index (χ3n) is 3.37. The van der Waals surface area contributed by atoms with Gasteiger partial charge in [-0.2, -0.15) is 0 Å². The van der Waals surface area contributed by atoms with Crippen molar-refractivity contribution < 1.29 is 9.53 Å². The SMILES string of the molecule is CC(NN)(C(=O)N1CCOCC1)c1ccccc1. The van der Waals surface area contributed by atoms with E-state index in [2.05, 4.69) is 5.43 Å². The molecule has 0 saturated carbocycles. The van der Waals surface area contributed by atoms with E-state index in [0.717, 1.165) is 5.56 Å². The molecule has 1 heterocycles. The van der Waals surface area contributed by atoms with Crippen molar-refractivity contribution in [3.8, 4) is 0 Å². The summed E-state index contributed by atoms with van der Waals surface area (Å²) in [6.45, 7) is 4.20. The normalized spacial score (nSPS) is 19.3. The lowest BCUT2D eigenvalue weighted by Gasteiger charge is -2.36. The highest BCUT2D eigenvalue weighted by Gasteiger charge is 2.37. The molecule has 5 heteroatoms. The summed E-state index contributed by atoms with van der Waals surface area (Å²) in [6.07, 6.45) is 0. The highest BCUT2D eigenvalue weighted by atomic mass is 16.5. The summed E-state index contributed by atoms with van der Waals surface area (Å²) in [6, 6.07) is 9.52. The molecule has 1 fully saturated rings. The monoisotopic (exact) mass is 249 g/mol. The number of carbonyl (C=O) groups is 1. The summed E-state index contributed by atoms with van der Waals surface area (Å²) in [5.41, 5.74) is 2.63. The average molecular weight is 249 g/mol. The van der Waals surface area contributed by atoms with E-state index in [4.69, 9.17) is 10.6 Å². The number of rotatable bonds is 3. The first-order valence-electron chi connectivity index (χ1n) is 6.09. The first-order valence-corrected chi connectivity index (χ1v) is 6.09. The Hall–Kier alpha value is -1.43. The molecule has 1 saturated heterocycles. The molecule has 0 aromatic heterocycles. The first-order chi connectivity index (χ1) is 8.68. The number of hydrogen-bond donors (Lipinski definition) is 2. The number of nitrogens with zero attached hydrogens (tertiary/aromatic N) is 1. The van der Waals surface area contributed by atoms with Gasteiger partial charge in [0.2, 0.25) is 5.91 Å². The third-order valence-corrected chi connectivity index (χ3v) is 3.37. The van der Waals surface area contributed by atoms with Gasteiger partial charge in [0.15, 0.2) is 0 Å². The Bertz CT molecular complexity index is 404. The molecule has 5 nitrogen and oxygen atoms in total. The quantitative estimate of drug-likeness (QED) is 0.594. The summed E-state index contributed by atoms with van der Waals surface area (Å²) in [4.78, 5) is 14.4. The van der Waals surface area contributed by atoms with Crippen molar-refractivity contribution in [2.75, 3.05) is 26.3 Å². The number of carbonyl (C=O) groups excluding carboxylic acids is 1. The van der Waals surface area contributed by atoms with Gasteiger partial charge in [-0.3, -0.25) is 10.6 Å². The number of amides is 1. The van der Waals surface area contributed by atoms with Crippen LogP contribution in [0.5, 0.6) is 0 Å². The molecule has 1 unspecified atom stereocenters. The van der Waals surface area contributed by atoms with E-state index in [1.807, 2.05) is 30.3 Å². The van der Waals surface area contributed by atoms with Gasteiger partial charge < -0.3 is 9.64 Å². The van der Waals surface area contributed by atoms with Crippen LogP contribution < -0.4 is 11.3 Å². The highest BCUT2D eigenvalue weighted by Crippen LogP contribution is 2.22. The van der Waals surface area contributed by atoms with E-state index in [-0.39, 0.29) is 5.91 Å². The van der Waals surface area contributed by atoms with Crippen molar-refractivity contribution in [2.24, 2.45) is 5.84 Å². The van der Waals surface area contributed by atoms with Gasteiger partial charge in [-0.25, -0.2) is 5.43 Å². The van der Waals surface area contributed by atoms with Crippen LogP contribution in [0.15, 0.2) is 30.3 Å². The summed E-state index contributed by atoms with van der Waals surface area (Å²) in [5.74, 6) is 5.60. The average Bonchev–Trinajstić information content (AvgIpc) is 2.47. The maximum absolute atomic E-state index is 12.6. The molecule has 2 rings (SSSR count). The Kier molecular flexibility index (Phi) is 3.96. The van der Waals surface area contributed by atoms with E-state index in [1.54, 1.807) is 11.8 Å². The molecular weight excluding hydrogens is 230 g/mol. The topological polar surface area (TPSA) is 67.6 Å². The van der Waals surface area contributed by atoms with Crippen LogP contribution in [0.1, 0.15) is 12.5 Å². The molecule has 1 aliphatic rings. The van der Waals surface area contributed by atoms with Crippen molar-refractivity contribution in [1.29, 1.82) is 0 Å². The van der Waals surface area contributed by atoms with Crippen molar-refractivity contribution in [1.82, 2.24) is 10.3 Å². The Morgan fingerprint density at radius 1 is 1.33 bits per heavy atom. The van der Waals surface area contributed by atoms with E-state index in [9.17, 15) is 4.79 Å². The van der Waals surface area contributed by atoms with Gasteiger partial charge in [-0.05, 0) is 12.5 Å². The molecule has 1 aliphatic heterocycles. The molecule has 1 aromatic carbocycles. The van der Waals surface area contributed by atoms with Gasteiger partial charge in [0, 0.05) is 13.1 Å². The predicted octanol–water partition coefficient (Wildman–Crippen LogP) is 0.224. The van der Waals surface area contributed by atoms with Gasteiger partial charge in [-0.1, -0.05) is 30.3 Å². The van der Waals surface area contributed by atoms with Gasteiger partial charge in [0.1, 0.15) is 5.54 Å². The molecule has 1 amide bonds. The van der Waals surface area contributed by atoms with Gasteiger partial charge >= 0.3 is 0 Å². The van der Waals surface area contributed by atoms with E-state index < -0.39 is 5.54 Å². The summed E-state index contributed by atoms with van der Waals surface area (Å²) in [7, 11) is 0. The standard InChI is InChI=1S/C13H19N3O2/c1-13(15-14,11-5-3-2-4-6-11)12(17)16-7-9-18-10-8-16/h2-6,15H,7-10,14H2,1H3. The molecule has 1 atom stereocenters. The molecule has 18 heavy (non-hydrogen) atoms. The Labute approximate surface area is 107 Å². The van der Waals surface area contributed by atoms with Crippen LogP contribution >= 0.6 is 0 Å². The predicted molar refractivity (Wildman–Crippen MR) is 68.5 cm³/mol. The van der Waals surface area contributed by atoms with Crippen molar-refractivity contribution in [2.45, 2.75) is 12.5 Å². The maximum atomic E-state index is 12.6. The third kappa shape index (κ3) is 2.38. The largest absolute Gasteiger partial charge is 0.378 e. The van der Waals surface area contributed by atoms with Gasteiger partial charge in [-0.15, -0.1) is 0 Å². The molecule has 0 bridgehead atoms. The Morgan fingerprint density at radius 2 is 1.94 bits per heavy atom. The zero-order valence-corrected chi connectivity index (χ0v) is 10.6. The van der Waals surface area contributed by atoms with Crippen LogP contribution in [0.3, 0.4) is 0 Å². The minimum atomic E-state index is -0.890. The van der Waals surface area contributed by atoms with Crippen molar-refractivity contribution in [3.05, 3.63) is 35.9 Å². The number of benzene rings is 1. The zero-order valence-electron chi connectivity index (χ0n) is 10.6. The fourth-order valence-electron chi connectivity index (χ4n) is 2.12. The summed E-state index contributed by atoms with van der Waals surface area (Å²) in [5, 5.41) is 0.